The molecule has 96 valence electrons. The van der Waals surface area contributed by atoms with Gasteiger partial charge >= 0.3 is 0 Å². The van der Waals surface area contributed by atoms with Crippen LogP contribution in [0, 0.1) is 5.92 Å². The fraction of sp³-hybridized carbons (Fsp3) is 1.00. The third-order valence-corrected chi connectivity index (χ3v) is 4.64. The Morgan fingerprint density at radius 1 is 1.31 bits per heavy atom. The topological polar surface area (TPSA) is 29.3 Å². The van der Waals surface area contributed by atoms with Crippen molar-refractivity contribution in [2.45, 2.75) is 70.9 Å². The minimum Gasteiger partial charge on any atom is -0.329 e. The van der Waals surface area contributed by atoms with E-state index in [0.29, 0.717) is 11.6 Å². The number of likely N-dealkylation sites (N-methyl/N-ethyl adjacent to an activating group) is 1. The number of hydrogen-bond donors (Lipinski definition) is 1. The first-order valence-corrected chi connectivity index (χ1v) is 6.98. The molecule has 0 aromatic rings. The Kier molecular flexibility index (Phi) is 5.26. The molecule has 1 aliphatic carbocycles. The Bertz CT molecular complexity index is 193. The molecule has 1 aliphatic rings. The zero-order valence-corrected chi connectivity index (χ0v) is 11.6. The summed E-state index contributed by atoms with van der Waals surface area (Å²) < 4.78 is 0. The molecule has 0 heterocycles. The van der Waals surface area contributed by atoms with Crippen LogP contribution in [0.5, 0.6) is 0 Å². The number of hydrogen-bond acceptors (Lipinski definition) is 2. The van der Waals surface area contributed by atoms with Crippen molar-refractivity contribution in [2.75, 3.05) is 13.6 Å². The van der Waals surface area contributed by atoms with Crippen LogP contribution in [0.25, 0.3) is 0 Å². The van der Waals surface area contributed by atoms with Crippen molar-refractivity contribution in [1.29, 1.82) is 0 Å². The van der Waals surface area contributed by atoms with E-state index in [4.69, 9.17) is 5.73 Å². The van der Waals surface area contributed by atoms with Crippen LogP contribution in [0.3, 0.4) is 0 Å². The van der Waals surface area contributed by atoms with Gasteiger partial charge in [0.05, 0.1) is 0 Å². The van der Waals surface area contributed by atoms with Crippen molar-refractivity contribution in [3.63, 3.8) is 0 Å². The van der Waals surface area contributed by atoms with E-state index in [2.05, 4.69) is 32.7 Å². The van der Waals surface area contributed by atoms with Gasteiger partial charge in [0.1, 0.15) is 0 Å². The van der Waals surface area contributed by atoms with Crippen molar-refractivity contribution in [3.05, 3.63) is 0 Å². The first kappa shape index (κ1) is 14.0. The Labute approximate surface area is 102 Å². The van der Waals surface area contributed by atoms with Crippen molar-refractivity contribution in [3.8, 4) is 0 Å². The Morgan fingerprint density at radius 3 is 2.25 bits per heavy atom. The number of nitrogens with zero attached hydrogens (tertiary/aromatic N) is 1. The molecule has 0 saturated heterocycles. The fourth-order valence-electron chi connectivity index (χ4n) is 3.16. The van der Waals surface area contributed by atoms with Crippen LogP contribution in [0.1, 0.15) is 59.3 Å². The molecule has 0 aliphatic heterocycles. The summed E-state index contributed by atoms with van der Waals surface area (Å²) in [4.78, 5) is 2.51. The fourth-order valence-corrected chi connectivity index (χ4v) is 3.16. The van der Waals surface area contributed by atoms with Crippen molar-refractivity contribution in [2.24, 2.45) is 11.7 Å². The second kappa shape index (κ2) is 6.02. The average molecular weight is 226 g/mol. The second-order valence-corrected chi connectivity index (χ2v) is 5.87. The molecule has 1 rings (SSSR count). The maximum absolute atomic E-state index is 6.05. The highest BCUT2D eigenvalue weighted by molar-refractivity contribution is 4.95. The molecule has 0 bridgehead atoms. The molecule has 1 saturated carbocycles. The van der Waals surface area contributed by atoms with E-state index >= 15 is 0 Å². The van der Waals surface area contributed by atoms with Crippen LogP contribution in [0.2, 0.25) is 0 Å². The highest BCUT2D eigenvalue weighted by Gasteiger charge is 2.38. The molecule has 0 amide bonds. The molecule has 0 aromatic heterocycles. The molecule has 0 radical (unpaired) electrons. The van der Waals surface area contributed by atoms with Gasteiger partial charge in [-0.25, -0.2) is 0 Å². The van der Waals surface area contributed by atoms with E-state index in [1.807, 2.05) is 0 Å². The molecule has 2 heteroatoms. The normalized spacial score (nSPS) is 31.3. The molecule has 0 atom stereocenters. The number of nitrogens with two attached hydrogens (primary N) is 1. The van der Waals surface area contributed by atoms with Crippen LogP contribution in [0.15, 0.2) is 0 Å². The number of rotatable bonds is 5. The molecular formula is C14H30N2. The van der Waals surface area contributed by atoms with Gasteiger partial charge in [-0.3, -0.25) is 4.90 Å². The first-order chi connectivity index (χ1) is 7.55. The van der Waals surface area contributed by atoms with Crippen LogP contribution in [-0.2, 0) is 0 Å². The molecular weight excluding hydrogens is 196 g/mol. The average Bonchev–Trinajstić information content (AvgIpc) is 2.30. The lowest BCUT2D eigenvalue weighted by molar-refractivity contribution is 0.0398. The van der Waals surface area contributed by atoms with Crippen LogP contribution in [0.4, 0.5) is 0 Å². The second-order valence-electron chi connectivity index (χ2n) is 5.87. The maximum Gasteiger partial charge on any atom is 0.0331 e. The monoisotopic (exact) mass is 226 g/mol. The van der Waals surface area contributed by atoms with Crippen LogP contribution >= 0.6 is 0 Å². The quantitative estimate of drug-likeness (QED) is 0.781. The van der Waals surface area contributed by atoms with E-state index < -0.39 is 0 Å². The van der Waals surface area contributed by atoms with Gasteiger partial charge in [-0.2, -0.15) is 0 Å². The predicted molar refractivity (Wildman–Crippen MR) is 71.6 cm³/mol. The summed E-state index contributed by atoms with van der Waals surface area (Å²) >= 11 is 0. The van der Waals surface area contributed by atoms with Gasteiger partial charge in [0.15, 0.2) is 0 Å². The molecule has 0 unspecified atom stereocenters. The zero-order valence-electron chi connectivity index (χ0n) is 11.6. The van der Waals surface area contributed by atoms with E-state index in [9.17, 15) is 0 Å². The maximum atomic E-state index is 6.05. The lowest BCUT2D eigenvalue weighted by Crippen LogP contribution is -2.56. The van der Waals surface area contributed by atoms with Crippen molar-refractivity contribution < 1.29 is 0 Å². The summed E-state index contributed by atoms with van der Waals surface area (Å²) in [5.74, 6) is 0.963. The Balaban J connectivity index is 2.57. The van der Waals surface area contributed by atoms with E-state index in [0.717, 1.165) is 12.5 Å². The van der Waals surface area contributed by atoms with Crippen molar-refractivity contribution >= 4 is 0 Å². The largest absolute Gasteiger partial charge is 0.329 e. The Hall–Kier alpha value is -0.0800. The predicted octanol–water partition coefficient (Wildman–Crippen LogP) is 3.01. The highest BCUT2D eigenvalue weighted by Crippen LogP contribution is 2.37. The minimum absolute atomic E-state index is 0.290. The standard InChI is InChI=1S/C14H30N2/c1-5-6-13-7-9-14(11-15,10-8-13)16(4)12(2)3/h12-13H,5-11,15H2,1-4H3. The highest BCUT2D eigenvalue weighted by atomic mass is 15.2. The first-order valence-electron chi connectivity index (χ1n) is 6.98. The molecule has 2 nitrogen and oxygen atoms in total. The smallest absolute Gasteiger partial charge is 0.0331 e. The van der Waals surface area contributed by atoms with Crippen molar-refractivity contribution in [1.82, 2.24) is 4.90 Å². The van der Waals surface area contributed by atoms with Crippen LogP contribution < -0.4 is 5.73 Å². The van der Waals surface area contributed by atoms with Gasteiger partial charge in [0.2, 0.25) is 0 Å². The zero-order chi connectivity index (χ0) is 12.2. The van der Waals surface area contributed by atoms with Gasteiger partial charge in [0, 0.05) is 18.1 Å². The van der Waals surface area contributed by atoms with E-state index in [-0.39, 0.29) is 0 Å². The third-order valence-electron chi connectivity index (χ3n) is 4.64. The summed E-state index contributed by atoms with van der Waals surface area (Å²) in [5.41, 5.74) is 6.34. The Morgan fingerprint density at radius 2 is 1.88 bits per heavy atom. The van der Waals surface area contributed by atoms with Gasteiger partial charge < -0.3 is 5.73 Å². The summed E-state index contributed by atoms with van der Waals surface area (Å²) in [5, 5.41) is 0. The van der Waals surface area contributed by atoms with Gasteiger partial charge in [-0.05, 0) is 52.5 Å². The molecule has 0 aromatic carbocycles. The molecule has 0 spiro atoms. The molecule has 1 fully saturated rings. The minimum atomic E-state index is 0.290. The van der Waals surface area contributed by atoms with E-state index in [1.165, 1.54) is 38.5 Å². The van der Waals surface area contributed by atoms with Gasteiger partial charge in [0.25, 0.3) is 0 Å². The van der Waals surface area contributed by atoms with Gasteiger partial charge in [-0.1, -0.05) is 19.8 Å². The summed E-state index contributed by atoms with van der Waals surface area (Å²) in [6, 6.07) is 0.603. The third kappa shape index (κ3) is 2.98. The lowest BCUT2D eigenvalue weighted by Gasteiger charge is -2.48. The van der Waals surface area contributed by atoms with E-state index in [1.54, 1.807) is 0 Å². The summed E-state index contributed by atoms with van der Waals surface area (Å²) in [7, 11) is 2.25. The lowest BCUT2D eigenvalue weighted by atomic mass is 9.74. The SMILES string of the molecule is CCCC1CCC(CN)(N(C)C(C)C)CC1. The summed E-state index contributed by atoms with van der Waals surface area (Å²) in [6.45, 7) is 7.66. The summed E-state index contributed by atoms with van der Waals surface area (Å²) in [6.07, 6.45) is 8.09. The molecule has 2 N–H and O–H groups in total. The van der Waals surface area contributed by atoms with Gasteiger partial charge in [-0.15, -0.1) is 0 Å². The molecule has 16 heavy (non-hydrogen) atoms. The van der Waals surface area contributed by atoms with Crippen LogP contribution in [-0.4, -0.2) is 30.1 Å².